The third-order valence-electron chi connectivity index (χ3n) is 3.14. The van der Waals surface area contributed by atoms with Crippen molar-refractivity contribution in [3.63, 3.8) is 0 Å². The van der Waals surface area contributed by atoms with E-state index in [9.17, 15) is 38.4 Å². The number of hydrogen-bond acceptors (Lipinski definition) is 16. The van der Waals surface area contributed by atoms with Gasteiger partial charge in [0.2, 0.25) is 0 Å². The molecule has 0 saturated heterocycles. The molecule has 0 N–H and O–H groups in total. The van der Waals surface area contributed by atoms with E-state index in [2.05, 4.69) is 90.5 Å². The summed E-state index contributed by atoms with van der Waals surface area (Å²) in [5, 5.41) is 0. The molecule has 0 bridgehead atoms. The van der Waals surface area contributed by atoms with Crippen molar-refractivity contribution in [2.75, 3.05) is 0 Å². The lowest BCUT2D eigenvalue weighted by atomic mass is 10.6. The Hall–Kier alpha value is -6.32. The van der Waals surface area contributed by atoms with E-state index in [0.717, 1.165) is 0 Å². The average Bonchev–Trinajstić information content (AvgIpc) is 2.96. The van der Waals surface area contributed by atoms with E-state index in [1.165, 1.54) is 0 Å². The maximum Gasteiger partial charge on any atom is 0.620 e. The Morgan fingerprint density at radius 1 is 0.286 bits per heavy atom. The van der Waals surface area contributed by atoms with Gasteiger partial charge in [0.15, 0.2) is 0 Å². The summed E-state index contributed by atoms with van der Waals surface area (Å²) < 4.78 is 35.8. The molecule has 0 heterocycles. The van der Waals surface area contributed by atoms with Crippen LogP contribution >= 0.6 is 0 Å². The summed E-state index contributed by atoms with van der Waals surface area (Å²) in [6.07, 6.45) is -0.958. The van der Waals surface area contributed by atoms with Gasteiger partial charge in [-0.2, -0.15) is 0 Å². The van der Waals surface area contributed by atoms with Crippen molar-refractivity contribution in [1.29, 1.82) is 0 Å². The Labute approximate surface area is 238 Å². The molecule has 0 aliphatic rings. The molecule has 16 nitrogen and oxygen atoms in total. The van der Waals surface area contributed by atoms with Gasteiger partial charge >= 0.3 is 60.1 Å². The van der Waals surface area contributed by atoms with Crippen LogP contribution < -0.4 is 0 Å². The number of carbonyl (C=O) groups is 8. The van der Waals surface area contributed by atoms with Gasteiger partial charge in [-0.3, -0.25) is 0 Å². The molecule has 42 heavy (non-hydrogen) atoms. The molecule has 0 saturated carbocycles. The zero-order valence-corrected chi connectivity index (χ0v) is 21.8. The topological polar surface area (TPSA) is 210 Å². The zero-order chi connectivity index (χ0) is 32.9. The highest BCUT2D eigenvalue weighted by Crippen LogP contribution is 2.21. The maximum absolute atomic E-state index is 11.2. The number of esters is 8. The lowest BCUT2D eigenvalue weighted by Crippen LogP contribution is -2.47. The molecule has 0 aromatic rings. The first-order valence-electron chi connectivity index (χ1n) is 10.5. The van der Waals surface area contributed by atoms with Crippen molar-refractivity contribution in [2.45, 2.75) is 12.3 Å². The van der Waals surface area contributed by atoms with Gasteiger partial charge in [-0.25, -0.2) is 38.4 Å². The van der Waals surface area contributed by atoms with Crippen molar-refractivity contribution in [3.8, 4) is 0 Å². The highest BCUT2D eigenvalue weighted by atomic mass is 17.0. The smallest absolute Gasteiger partial charge is 0.349 e. The number of carbonyl (C=O) groups excluding carboxylic acids is 8. The van der Waals surface area contributed by atoms with Crippen LogP contribution in [0.15, 0.2) is 101 Å². The standard InChI is InChI=1S/2C13H12O8/c2*1-5-9(14)18-13(19-10(15)6-2,20-11(16)7-3)21-12(17)8-4/h2*5-8H,1-4H2. The molecule has 0 atom stereocenters. The molecular weight excluding hydrogens is 568 g/mol. The Balaban J connectivity index is 0. The summed E-state index contributed by atoms with van der Waals surface area (Å²) in [5.41, 5.74) is 0. The van der Waals surface area contributed by atoms with Gasteiger partial charge in [-0.1, -0.05) is 52.6 Å². The minimum atomic E-state index is -3.09. The number of hydrogen-bond donors (Lipinski definition) is 0. The van der Waals surface area contributed by atoms with E-state index >= 15 is 0 Å². The van der Waals surface area contributed by atoms with Gasteiger partial charge in [0.1, 0.15) is 0 Å². The van der Waals surface area contributed by atoms with E-state index < -0.39 is 60.1 Å². The van der Waals surface area contributed by atoms with Gasteiger partial charge < -0.3 is 37.9 Å². The van der Waals surface area contributed by atoms with Crippen molar-refractivity contribution in [1.82, 2.24) is 0 Å². The second-order valence-electron chi connectivity index (χ2n) is 6.00. The summed E-state index contributed by atoms with van der Waals surface area (Å²) in [4.78, 5) is 90.0. The van der Waals surface area contributed by atoms with Crippen LogP contribution in [0.25, 0.3) is 0 Å². The molecule has 0 aromatic heterocycles. The fourth-order valence-electron chi connectivity index (χ4n) is 1.57. The Bertz CT molecular complexity index is 910. The van der Waals surface area contributed by atoms with Crippen molar-refractivity contribution in [3.05, 3.63) is 101 Å². The van der Waals surface area contributed by atoms with Crippen molar-refractivity contribution < 1.29 is 76.3 Å². The minimum Gasteiger partial charge on any atom is -0.349 e. The summed E-state index contributed by atoms with van der Waals surface area (Å²) in [5.74, 6) is -9.66. The summed E-state index contributed by atoms with van der Waals surface area (Å²) in [6, 6.07) is 0. The van der Waals surface area contributed by atoms with E-state index in [1.54, 1.807) is 0 Å². The van der Waals surface area contributed by atoms with Crippen LogP contribution in [0.5, 0.6) is 0 Å². The van der Waals surface area contributed by atoms with E-state index in [-0.39, 0.29) is 0 Å². The molecule has 0 aliphatic carbocycles. The highest BCUT2D eigenvalue weighted by molar-refractivity contribution is 5.87. The Morgan fingerprint density at radius 3 is 0.452 bits per heavy atom. The Morgan fingerprint density at radius 2 is 0.381 bits per heavy atom. The third-order valence-corrected chi connectivity index (χ3v) is 3.14. The number of ether oxygens (including phenoxy) is 8. The molecule has 0 amide bonds. The molecule has 0 unspecified atom stereocenters. The monoisotopic (exact) mass is 592 g/mol. The zero-order valence-electron chi connectivity index (χ0n) is 21.8. The Kier molecular flexibility index (Phi) is 17.0. The molecule has 16 heteroatoms. The first kappa shape index (κ1) is 37.8. The third kappa shape index (κ3) is 14.6. The first-order chi connectivity index (χ1) is 19.6. The second-order valence-corrected chi connectivity index (χ2v) is 6.00. The van der Waals surface area contributed by atoms with Gasteiger partial charge in [0.05, 0.1) is 0 Å². The minimum absolute atomic E-state index is 0.653. The summed E-state index contributed by atoms with van der Waals surface area (Å²) in [7, 11) is 0. The molecule has 224 valence electrons. The van der Waals surface area contributed by atoms with E-state index in [0.29, 0.717) is 48.6 Å². The van der Waals surface area contributed by atoms with Crippen LogP contribution in [0.1, 0.15) is 0 Å². The van der Waals surface area contributed by atoms with Crippen LogP contribution in [0.2, 0.25) is 0 Å². The quantitative estimate of drug-likeness (QED) is 0.139. The van der Waals surface area contributed by atoms with Crippen molar-refractivity contribution >= 4 is 47.8 Å². The first-order valence-corrected chi connectivity index (χ1v) is 10.5. The van der Waals surface area contributed by atoms with Crippen LogP contribution in [0, 0.1) is 0 Å². The average molecular weight is 592 g/mol. The SMILES string of the molecule is C=CC(=O)OC(OC(=O)C=C)(OC(=O)C=C)OC(=O)C=C.C=CC(=O)OC(OC(=O)C=C)(OC(=O)C=C)OC(=O)C=C. The molecule has 0 rings (SSSR count). The van der Waals surface area contributed by atoms with Crippen molar-refractivity contribution in [2.24, 2.45) is 0 Å². The predicted molar refractivity (Wildman–Crippen MR) is 136 cm³/mol. The van der Waals surface area contributed by atoms with Crippen LogP contribution in [-0.4, -0.2) is 60.1 Å². The highest BCUT2D eigenvalue weighted by Gasteiger charge is 2.49. The van der Waals surface area contributed by atoms with Gasteiger partial charge in [0, 0.05) is 48.6 Å². The molecular formula is C26H24O16. The number of rotatable bonds is 16. The normalized spacial score (nSPS) is 9.52. The van der Waals surface area contributed by atoms with Crippen LogP contribution in [-0.2, 0) is 76.3 Å². The molecule has 0 aromatic carbocycles. The molecule has 0 radical (unpaired) electrons. The van der Waals surface area contributed by atoms with Gasteiger partial charge in [0.25, 0.3) is 0 Å². The van der Waals surface area contributed by atoms with E-state index in [4.69, 9.17) is 0 Å². The maximum atomic E-state index is 11.2. The van der Waals surface area contributed by atoms with Gasteiger partial charge in [-0.05, 0) is 0 Å². The molecule has 0 aliphatic heterocycles. The van der Waals surface area contributed by atoms with Gasteiger partial charge in [-0.15, -0.1) is 0 Å². The second kappa shape index (κ2) is 18.9. The summed E-state index contributed by atoms with van der Waals surface area (Å²) in [6.45, 7) is 24.7. The lowest BCUT2D eigenvalue weighted by molar-refractivity contribution is -0.429. The largest absolute Gasteiger partial charge is 0.620 e. The fraction of sp³-hybridized carbons (Fsp3) is 0.0769. The predicted octanol–water partition coefficient (Wildman–Crippen LogP) is 1.03. The molecule has 0 fully saturated rings. The van der Waals surface area contributed by atoms with Crippen LogP contribution in [0.4, 0.5) is 0 Å². The molecule has 0 spiro atoms. The summed E-state index contributed by atoms with van der Waals surface area (Å²) >= 11 is 0. The van der Waals surface area contributed by atoms with E-state index in [1.807, 2.05) is 0 Å². The fourth-order valence-corrected chi connectivity index (χ4v) is 1.57. The van der Waals surface area contributed by atoms with Crippen LogP contribution in [0.3, 0.4) is 0 Å². The lowest BCUT2D eigenvalue weighted by Gasteiger charge is -2.27.